The molecule has 0 aromatic heterocycles. The van der Waals surface area contributed by atoms with Crippen molar-refractivity contribution in [2.75, 3.05) is 20.1 Å². The minimum atomic E-state index is -0.780. The molecular formula is C17H32N2O2. The highest BCUT2D eigenvalue weighted by atomic mass is 16.4. The van der Waals surface area contributed by atoms with Gasteiger partial charge in [0.05, 0.1) is 0 Å². The number of unbranched alkanes of at least 4 members (excludes halogenated alkanes) is 2. The molecule has 0 spiro atoms. The first-order valence-electron chi connectivity index (χ1n) is 8.83. The summed E-state index contributed by atoms with van der Waals surface area (Å²) in [5.41, 5.74) is 0. The fourth-order valence-electron chi connectivity index (χ4n) is 3.46. The van der Waals surface area contributed by atoms with E-state index >= 15 is 0 Å². The van der Waals surface area contributed by atoms with Crippen molar-refractivity contribution in [1.82, 2.24) is 10.2 Å². The molecule has 2 aliphatic carbocycles. The standard InChI is InChI=1S/C17H32N2O2/c1-19(17(20)21)16-10-8-14(9-11-16)5-3-2-4-12-18-13-15-6-7-15/h14-16,18H,2-13H2,1H3,(H,20,21). The first kappa shape index (κ1) is 16.6. The molecule has 0 heterocycles. The van der Waals surface area contributed by atoms with Crippen LogP contribution in [-0.2, 0) is 0 Å². The molecular weight excluding hydrogens is 264 g/mol. The van der Waals surface area contributed by atoms with Gasteiger partial charge in [0.25, 0.3) is 0 Å². The third kappa shape index (κ3) is 6.25. The van der Waals surface area contributed by atoms with E-state index in [1.807, 2.05) is 0 Å². The van der Waals surface area contributed by atoms with Gasteiger partial charge in [0.15, 0.2) is 0 Å². The number of hydrogen-bond acceptors (Lipinski definition) is 2. The maximum absolute atomic E-state index is 10.9. The van der Waals surface area contributed by atoms with Crippen LogP contribution in [0.2, 0.25) is 0 Å². The number of nitrogens with zero attached hydrogens (tertiary/aromatic N) is 1. The molecule has 0 aromatic carbocycles. The predicted octanol–water partition coefficient (Wildman–Crippen LogP) is 3.72. The average molecular weight is 296 g/mol. The predicted molar refractivity (Wildman–Crippen MR) is 85.6 cm³/mol. The Morgan fingerprint density at radius 3 is 2.33 bits per heavy atom. The molecule has 0 aliphatic heterocycles. The molecule has 4 nitrogen and oxygen atoms in total. The number of rotatable bonds is 9. The molecule has 0 radical (unpaired) electrons. The van der Waals surface area contributed by atoms with E-state index in [4.69, 9.17) is 5.11 Å². The van der Waals surface area contributed by atoms with Gasteiger partial charge in [-0.25, -0.2) is 4.79 Å². The van der Waals surface area contributed by atoms with E-state index in [0.29, 0.717) is 0 Å². The minimum absolute atomic E-state index is 0.255. The first-order chi connectivity index (χ1) is 10.2. The van der Waals surface area contributed by atoms with Crippen molar-refractivity contribution in [3.8, 4) is 0 Å². The van der Waals surface area contributed by atoms with Crippen LogP contribution in [0.4, 0.5) is 4.79 Å². The Bertz CT molecular complexity index is 310. The molecule has 0 bridgehead atoms. The lowest BCUT2D eigenvalue weighted by Crippen LogP contribution is -2.38. The van der Waals surface area contributed by atoms with Crippen LogP contribution in [0.1, 0.15) is 64.2 Å². The second-order valence-electron chi connectivity index (χ2n) is 7.06. The fraction of sp³-hybridized carbons (Fsp3) is 0.941. The molecule has 2 aliphatic rings. The van der Waals surface area contributed by atoms with E-state index in [0.717, 1.165) is 24.7 Å². The highest BCUT2D eigenvalue weighted by Gasteiger charge is 2.25. The van der Waals surface area contributed by atoms with Crippen molar-refractivity contribution in [2.24, 2.45) is 11.8 Å². The van der Waals surface area contributed by atoms with Crippen molar-refractivity contribution < 1.29 is 9.90 Å². The third-order valence-electron chi connectivity index (χ3n) is 5.26. The second kappa shape index (κ2) is 8.62. The molecule has 21 heavy (non-hydrogen) atoms. The van der Waals surface area contributed by atoms with Crippen LogP contribution in [0.25, 0.3) is 0 Å². The molecule has 4 heteroatoms. The zero-order chi connectivity index (χ0) is 15.1. The zero-order valence-electron chi connectivity index (χ0n) is 13.5. The van der Waals surface area contributed by atoms with Gasteiger partial charge in [-0.1, -0.05) is 19.3 Å². The molecule has 122 valence electrons. The van der Waals surface area contributed by atoms with Crippen LogP contribution in [-0.4, -0.2) is 42.3 Å². The molecule has 0 aromatic rings. The molecule has 1 amide bonds. The molecule has 2 N–H and O–H groups in total. The van der Waals surface area contributed by atoms with Crippen molar-refractivity contribution in [3.63, 3.8) is 0 Å². The Labute approximate surface area is 129 Å². The smallest absolute Gasteiger partial charge is 0.407 e. The summed E-state index contributed by atoms with van der Waals surface area (Å²) in [6, 6.07) is 0.255. The van der Waals surface area contributed by atoms with E-state index < -0.39 is 6.09 Å². The van der Waals surface area contributed by atoms with Crippen LogP contribution >= 0.6 is 0 Å². The Morgan fingerprint density at radius 2 is 1.71 bits per heavy atom. The van der Waals surface area contributed by atoms with Gasteiger partial charge >= 0.3 is 6.09 Å². The highest BCUT2D eigenvalue weighted by Crippen LogP contribution is 2.30. The summed E-state index contributed by atoms with van der Waals surface area (Å²) >= 11 is 0. The molecule has 2 saturated carbocycles. The Hall–Kier alpha value is -0.770. The maximum atomic E-state index is 10.9. The van der Waals surface area contributed by atoms with E-state index in [2.05, 4.69) is 5.32 Å². The number of carbonyl (C=O) groups is 1. The normalized spacial score (nSPS) is 25.8. The molecule has 0 unspecified atom stereocenters. The average Bonchev–Trinajstić information content (AvgIpc) is 3.30. The highest BCUT2D eigenvalue weighted by molar-refractivity contribution is 5.64. The van der Waals surface area contributed by atoms with Gasteiger partial charge in [0, 0.05) is 13.1 Å². The lowest BCUT2D eigenvalue weighted by Gasteiger charge is -2.33. The fourth-order valence-corrected chi connectivity index (χ4v) is 3.46. The van der Waals surface area contributed by atoms with Crippen LogP contribution in [0.15, 0.2) is 0 Å². The van der Waals surface area contributed by atoms with E-state index in [9.17, 15) is 4.79 Å². The number of amides is 1. The van der Waals surface area contributed by atoms with E-state index in [1.165, 1.54) is 69.4 Å². The lowest BCUT2D eigenvalue weighted by molar-refractivity contribution is 0.117. The van der Waals surface area contributed by atoms with Gasteiger partial charge in [0.2, 0.25) is 0 Å². The van der Waals surface area contributed by atoms with Gasteiger partial charge in [-0.15, -0.1) is 0 Å². The van der Waals surface area contributed by atoms with Crippen molar-refractivity contribution in [3.05, 3.63) is 0 Å². The zero-order valence-corrected chi connectivity index (χ0v) is 13.5. The summed E-state index contributed by atoms with van der Waals surface area (Å²) < 4.78 is 0. The lowest BCUT2D eigenvalue weighted by atomic mass is 9.82. The number of nitrogens with one attached hydrogen (secondary N) is 1. The van der Waals surface area contributed by atoms with Crippen LogP contribution < -0.4 is 5.32 Å². The number of hydrogen-bond donors (Lipinski definition) is 2. The summed E-state index contributed by atoms with van der Waals surface area (Å²) in [6.07, 6.45) is 12.0. The molecule has 0 atom stereocenters. The van der Waals surface area contributed by atoms with Crippen molar-refractivity contribution in [2.45, 2.75) is 70.3 Å². The maximum Gasteiger partial charge on any atom is 0.407 e. The summed E-state index contributed by atoms with van der Waals surface area (Å²) in [4.78, 5) is 12.4. The largest absolute Gasteiger partial charge is 0.465 e. The summed E-state index contributed by atoms with van der Waals surface area (Å²) in [7, 11) is 1.71. The Balaban J connectivity index is 1.44. The molecule has 2 fully saturated rings. The SMILES string of the molecule is CN(C(=O)O)C1CCC(CCCCCNCC2CC2)CC1. The summed E-state index contributed by atoms with van der Waals surface area (Å²) in [6.45, 7) is 2.42. The van der Waals surface area contributed by atoms with Crippen molar-refractivity contribution in [1.29, 1.82) is 0 Å². The van der Waals surface area contributed by atoms with Crippen LogP contribution in [0.5, 0.6) is 0 Å². The molecule has 2 rings (SSSR count). The Morgan fingerprint density at radius 1 is 1.05 bits per heavy atom. The number of carboxylic acid groups (broad SMARTS) is 1. The van der Waals surface area contributed by atoms with Crippen LogP contribution in [0, 0.1) is 11.8 Å². The van der Waals surface area contributed by atoms with Gasteiger partial charge in [0.1, 0.15) is 0 Å². The third-order valence-corrected chi connectivity index (χ3v) is 5.26. The first-order valence-corrected chi connectivity index (χ1v) is 8.83. The van der Waals surface area contributed by atoms with E-state index in [-0.39, 0.29) is 6.04 Å². The van der Waals surface area contributed by atoms with Gasteiger partial charge < -0.3 is 15.3 Å². The van der Waals surface area contributed by atoms with Gasteiger partial charge in [-0.3, -0.25) is 0 Å². The second-order valence-corrected chi connectivity index (χ2v) is 7.06. The quantitative estimate of drug-likeness (QED) is 0.638. The van der Waals surface area contributed by atoms with Gasteiger partial charge in [-0.05, 0) is 69.9 Å². The van der Waals surface area contributed by atoms with Crippen LogP contribution in [0.3, 0.4) is 0 Å². The summed E-state index contributed by atoms with van der Waals surface area (Å²) in [5.74, 6) is 1.83. The summed E-state index contributed by atoms with van der Waals surface area (Å²) in [5, 5.41) is 12.6. The Kier molecular flexibility index (Phi) is 6.81. The monoisotopic (exact) mass is 296 g/mol. The minimum Gasteiger partial charge on any atom is -0.465 e. The van der Waals surface area contributed by atoms with E-state index in [1.54, 1.807) is 7.05 Å². The van der Waals surface area contributed by atoms with Crippen molar-refractivity contribution >= 4 is 6.09 Å². The topological polar surface area (TPSA) is 52.6 Å². The van der Waals surface area contributed by atoms with Gasteiger partial charge in [-0.2, -0.15) is 0 Å². The molecule has 0 saturated heterocycles.